The van der Waals surface area contributed by atoms with E-state index in [2.05, 4.69) is 30.3 Å². The number of allylic oxidation sites excluding steroid dienone is 1. The molecule has 29 heavy (non-hydrogen) atoms. The Kier molecular flexibility index (Phi) is 5.32. The fourth-order valence-corrected chi connectivity index (χ4v) is 5.33. The van der Waals surface area contributed by atoms with E-state index in [1.807, 2.05) is 10.9 Å². The van der Waals surface area contributed by atoms with Gasteiger partial charge in [0.05, 0.1) is 17.6 Å². The summed E-state index contributed by atoms with van der Waals surface area (Å²) in [4.78, 5) is 11.6. The average Bonchev–Trinajstić information content (AvgIpc) is 3.20. The first-order valence-electron chi connectivity index (χ1n) is 10.7. The summed E-state index contributed by atoms with van der Waals surface area (Å²) >= 11 is 0. The van der Waals surface area contributed by atoms with Crippen LogP contribution >= 0.6 is 0 Å². The number of fused-ring (bicyclic) bond motifs is 2. The van der Waals surface area contributed by atoms with Gasteiger partial charge in [0.25, 0.3) is 0 Å². The molecule has 2 aromatic rings. The molecule has 3 atom stereocenters. The average molecular weight is 396 g/mol. The van der Waals surface area contributed by atoms with Crippen molar-refractivity contribution in [1.82, 2.24) is 15.1 Å². The number of aromatic nitrogens is 2. The number of nitrogens with one attached hydrogen (secondary N) is 1. The summed E-state index contributed by atoms with van der Waals surface area (Å²) in [5.41, 5.74) is 4.86. The van der Waals surface area contributed by atoms with Crippen molar-refractivity contribution in [2.45, 2.75) is 65.3 Å². The van der Waals surface area contributed by atoms with Crippen molar-refractivity contribution in [3.63, 3.8) is 0 Å². The van der Waals surface area contributed by atoms with Crippen LogP contribution in [-0.4, -0.2) is 21.7 Å². The number of carbonyl (C=O) groups excluding carboxylic acids is 1. The zero-order valence-electron chi connectivity index (χ0n) is 17.5. The van der Waals surface area contributed by atoms with Gasteiger partial charge in [-0.25, -0.2) is 9.07 Å². The molecule has 154 valence electrons. The van der Waals surface area contributed by atoms with Gasteiger partial charge < -0.3 is 5.32 Å². The number of carbonyl (C=O) groups is 1. The summed E-state index contributed by atoms with van der Waals surface area (Å²) in [6.07, 6.45) is 10.6. The van der Waals surface area contributed by atoms with E-state index in [1.54, 1.807) is 19.1 Å². The second-order valence-corrected chi connectivity index (χ2v) is 8.86. The Morgan fingerprint density at radius 3 is 2.83 bits per heavy atom. The minimum absolute atomic E-state index is 0.0638. The summed E-state index contributed by atoms with van der Waals surface area (Å²) in [6, 6.07) is 6.75. The second kappa shape index (κ2) is 7.77. The third-order valence-electron chi connectivity index (χ3n) is 6.84. The molecule has 0 radical (unpaired) electrons. The maximum absolute atomic E-state index is 13.3. The molecule has 1 unspecified atom stereocenters. The molecule has 2 aliphatic rings. The SMILES string of the molecule is CCCC(C[C@H]1CCC2=Cc3c(cnn3-c3ccc(F)cc3)C[C@@]21C)NC(C)=O. The predicted octanol–water partition coefficient (Wildman–Crippen LogP) is 5.06. The van der Waals surface area contributed by atoms with Crippen LogP contribution in [0.1, 0.15) is 64.1 Å². The highest BCUT2D eigenvalue weighted by Crippen LogP contribution is 2.54. The smallest absolute Gasteiger partial charge is 0.217 e. The van der Waals surface area contributed by atoms with Gasteiger partial charge in [-0.3, -0.25) is 4.79 Å². The van der Waals surface area contributed by atoms with Gasteiger partial charge in [-0.05, 0) is 79.3 Å². The van der Waals surface area contributed by atoms with Gasteiger partial charge in [-0.2, -0.15) is 5.10 Å². The van der Waals surface area contributed by atoms with Crippen molar-refractivity contribution < 1.29 is 9.18 Å². The van der Waals surface area contributed by atoms with Crippen LogP contribution in [0.3, 0.4) is 0 Å². The molecular formula is C24H30FN3O. The molecule has 1 fully saturated rings. The van der Waals surface area contributed by atoms with Gasteiger partial charge in [0, 0.05) is 13.0 Å². The highest BCUT2D eigenvalue weighted by Gasteiger charge is 2.46. The number of amides is 1. The second-order valence-electron chi connectivity index (χ2n) is 8.86. The van der Waals surface area contributed by atoms with Crippen LogP contribution in [0, 0.1) is 17.2 Å². The molecule has 1 saturated carbocycles. The van der Waals surface area contributed by atoms with Crippen LogP contribution in [0.15, 0.2) is 36.0 Å². The third kappa shape index (κ3) is 3.75. The van der Waals surface area contributed by atoms with E-state index in [1.165, 1.54) is 23.3 Å². The van der Waals surface area contributed by atoms with Crippen molar-refractivity contribution in [3.05, 3.63) is 53.1 Å². The molecule has 0 bridgehead atoms. The number of hydrogen-bond donors (Lipinski definition) is 1. The largest absolute Gasteiger partial charge is 0.354 e. The van der Waals surface area contributed by atoms with Crippen LogP contribution < -0.4 is 5.32 Å². The Labute approximate surface area is 172 Å². The summed E-state index contributed by atoms with van der Waals surface area (Å²) in [6.45, 7) is 6.17. The lowest BCUT2D eigenvalue weighted by molar-refractivity contribution is -0.119. The summed E-state index contributed by atoms with van der Waals surface area (Å²) in [5, 5.41) is 7.77. The van der Waals surface area contributed by atoms with E-state index in [0.717, 1.165) is 49.9 Å². The zero-order chi connectivity index (χ0) is 20.6. The molecular weight excluding hydrogens is 365 g/mol. The Hall–Kier alpha value is -2.43. The topological polar surface area (TPSA) is 46.9 Å². The van der Waals surface area contributed by atoms with Crippen LogP contribution in [-0.2, 0) is 11.2 Å². The van der Waals surface area contributed by atoms with E-state index < -0.39 is 0 Å². The summed E-state index contributed by atoms with van der Waals surface area (Å²) in [5.74, 6) is 0.383. The normalized spacial score (nSPS) is 23.9. The standard InChI is InChI=1S/C24H30FN3O/c1-4-5-21(27-16(2)29)12-18-6-7-19-13-23-17(14-24(18,19)3)15-26-28(23)22-10-8-20(25)9-11-22/h8-11,13,15,18,21H,4-7,12,14H2,1-3H3,(H,27,29)/t18-,21?,24-/m1/s1. The molecule has 1 heterocycles. The number of hydrogen-bond acceptors (Lipinski definition) is 2. The third-order valence-corrected chi connectivity index (χ3v) is 6.84. The minimum atomic E-state index is -0.236. The molecule has 1 N–H and O–H groups in total. The Balaban J connectivity index is 1.59. The van der Waals surface area contributed by atoms with Crippen LogP contribution in [0.4, 0.5) is 4.39 Å². The predicted molar refractivity (Wildman–Crippen MR) is 113 cm³/mol. The van der Waals surface area contributed by atoms with Crippen molar-refractivity contribution in [2.75, 3.05) is 0 Å². The lowest BCUT2D eigenvalue weighted by atomic mass is 9.68. The maximum atomic E-state index is 13.3. The first-order chi connectivity index (χ1) is 13.9. The number of rotatable bonds is 6. The van der Waals surface area contributed by atoms with Crippen molar-refractivity contribution in [3.8, 4) is 5.69 Å². The fourth-order valence-electron chi connectivity index (χ4n) is 5.33. The molecule has 1 amide bonds. The van der Waals surface area contributed by atoms with Gasteiger partial charge >= 0.3 is 0 Å². The van der Waals surface area contributed by atoms with E-state index in [9.17, 15) is 9.18 Å². The molecule has 0 saturated heterocycles. The monoisotopic (exact) mass is 395 g/mol. The molecule has 2 aliphatic carbocycles. The molecule has 1 aromatic heterocycles. The van der Waals surface area contributed by atoms with E-state index in [0.29, 0.717) is 5.92 Å². The summed E-state index contributed by atoms with van der Waals surface area (Å²) < 4.78 is 15.2. The highest BCUT2D eigenvalue weighted by molar-refractivity contribution is 5.73. The van der Waals surface area contributed by atoms with Gasteiger partial charge in [0.1, 0.15) is 5.82 Å². The fraction of sp³-hybridized carbons (Fsp3) is 0.500. The highest BCUT2D eigenvalue weighted by atomic mass is 19.1. The lowest BCUT2D eigenvalue weighted by Crippen LogP contribution is -2.38. The van der Waals surface area contributed by atoms with E-state index in [4.69, 9.17) is 0 Å². The van der Waals surface area contributed by atoms with Gasteiger partial charge in [0.2, 0.25) is 5.91 Å². The van der Waals surface area contributed by atoms with Crippen molar-refractivity contribution >= 4 is 12.0 Å². The van der Waals surface area contributed by atoms with Crippen LogP contribution in [0.2, 0.25) is 0 Å². The quantitative estimate of drug-likeness (QED) is 0.743. The van der Waals surface area contributed by atoms with Crippen molar-refractivity contribution in [1.29, 1.82) is 0 Å². The van der Waals surface area contributed by atoms with Crippen LogP contribution in [0.5, 0.6) is 0 Å². The number of nitrogens with zero attached hydrogens (tertiary/aromatic N) is 2. The van der Waals surface area contributed by atoms with Gasteiger partial charge in [-0.15, -0.1) is 0 Å². The zero-order valence-corrected chi connectivity index (χ0v) is 17.5. The Bertz CT molecular complexity index is 930. The minimum Gasteiger partial charge on any atom is -0.354 e. The van der Waals surface area contributed by atoms with Gasteiger partial charge in [0.15, 0.2) is 0 Å². The molecule has 0 spiro atoms. The maximum Gasteiger partial charge on any atom is 0.217 e. The first kappa shape index (κ1) is 19.9. The first-order valence-corrected chi connectivity index (χ1v) is 10.7. The van der Waals surface area contributed by atoms with E-state index in [-0.39, 0.29) is 23.2 Å². The van der Waals surface area contributed by atoms with Gasteiger partial charge in [-0.1, -0.05) is 25.8 Å². The molecule has 0 aliphatic heterocycles. The summed E-state index contributed by atoms with van der Waals surface area (Å²) in [7, 11) is 0. The Morgan fingerprint density at radius 2 is 2.14 bits per heavy atom. The molecule has 1 aromatic carbocycles. The van der Waals surface area contributed by atoms with Crippen molar-refractivity contribution in [2.24, 2.45) is 11.3 Å². The Morgan fingerprint density at radius 1 is 1.38 bits per heavy atom. The van der Waals surface area contributed by atoms with E-state index >= 15 is 0 Å². The number of benzene rings is 1. The molecule has 4 rings (SSSR count). The van der Waals surface area contributed by atoms with Crippen LogP contribution in [0.25, 0.3) is 11.8 Å². The molecule has 4 nitrogen and oxygen atoms in total. The lowest BCUT2D eigenvalue weighted by Gasteiger charge is -2.37. The molecule has 5 heteroatoms. The number of halogens is 1.